The van der Waals surface area contributed by atoms with Crippen LogP contribution in [0.5, 0.6) is 5.88 Å². The van der Waals surface area contributed by atoms with Gasteiger partial charge >= 0.3 is 18.3 Å². The highest BCUT2D eigenvalue weighted by molar-refractivity contribution is 5.84. The van der Waals surface area contributed by atoms with E-state index in [9.17, 15) is 31.1 Å². The molecule has 0 unspecified atom stereocenters. The third-order valence-corrected chi connectivity index (χ3v) is 1.66. The molecule has 19 heavy (non-hydrogen) atoms. The normalized spacial score (nSPS) is 12.6. The lowest BCUT2D eigenvalue weighted by Crippen LogP contribution is -2.46. The molecule has 1 aromatic heterocycles. The molecule has 0 aliphatic carbocycles. The van der Waals surface area contributed by atoms with Crippen molar-refractivity contribution in [2.75, 3.05) is 0 Å². The number of carboxylic acids is 1. The van der Waals surface area contributed by atoms with Gasteiger partial charge in [0.1, 0.15) is 0 Å². The molecule has 0 saturated heterocycles. The molecule has 0 aromatic carbocycles. The van der Waals surface area contributed by atoms with E-state index in [1.54, 1.807) is 0 Å². The SMILES string of the molecule is O=C(O)c1cncc(OC(C(F)(F)F)C(F)(F)F)n1. The van der Waals surface area contributed by atoms with Gasteiger partial charge in [-0.3, -0.25) is 4.98 Å². The monoisotopic (exact) mass is 290 g/mol. The maximum absolute atomic E-state index is 12.2. The standard InChI is InChI=1S/C8H4F6N2O3/c9-7(10,11)6(8(12,13)14)19-4-2-15-1-3(16-4)5(17)18/h1-2,6H,(H,17,18). The summed E-state index contributed by atoms with van der Waals surface area (Å²) in [6.45, 7) is 0. The van der Waals surface area contributed by atoms with Crippen LogP contribution in [0.3, 0.4) is 0 Å². The Morgan fingerprint density at radius 2 is 1.68 bits per heavy atom. The van der Waals surface area contributed by atoms with Gasteiger partial charge in [-0.2, -0.15) is 26.3 Å². The molecule has 1 aromatic rings. The first kappa shape index (κ1) is 15.0. The van der Waals surface area contributed by atoms with Crippen LogP contribution in [0.4, 0.5) is 26.3 Å². The zero-order valence-electron chi connectivity index (χ0n) is 8.66. The van der Waals surface area contributed by atoms with Crippen LogP contribution in [0, 0.1) is 0 Å². The summed E-state index contributed by atoms with van der Waals surface area (Å²) in [5, 5.41) is 8.46. The van der Waals surface area contributed by atoms with Gasteiger partial charge in [0.2, 0.25) is 5.88 Å². The highest BCUT2D eigenvalue weighted by Crippen LogP contribution is 2.35. The number of hydrogen-bond acceptors (Lipinski definition) is 4. The van der Waals surface area contributed by atoms with Gasteiger partial charge in [0.15, 0.2) is 5.69 Å². The van der Waals surface area contributed by atoms with Crippen molar-refractivity contribution in [2.24, 2.45) is 0 Å². The molecule has 0 aliphatic rings. The second-order valence-electron chi connectivity index (χ2n) is 3.13. The Hall–Kier alpha value is -2.07. The molecule has 106 valence electrons. The van der Waals surface area contributed by atoms with E-state index in [1.165, 1.54) is 0 Å². The summed E-state index contributed by atoms with van der Waals surface area (Å²) in [7, 11) is 0. The topological polar surface area (TPSA) is 72.3 Å². The minimum absolute atomic E-state index is 0.441. The zero-order chi connectivity index (χ0) is 14.8. The van der Waals surface area contributed by atoms with Crippen molar-refractivity contribution in [1.29, 1.82) is 0 Å². The van der Waals surface area contributed by atoms with E-state index < -0.39 is 36.0 Å². The molecule has 0 bridgehead atoms. The summed E-state index contributed by atoms with van der Waals surface area (Å²) < 4.78 is 76.6. The summed E-state index contributed by atoms with van der Waals surface area (Å²) in [6.07, 6.45) is -14.5. The van der Waals surface area contributed by atoms with Crippen molar-refractivity contribution in [2.45, 2.75) is 18.5 Å². The lowest BCUT2D eigenvalue weighted by molar-refractivity contribution is -0.300. The molecule has 0 amide bonds. The van der Waals surface area contributed by atoms with Gasteiger partial charge in [0.05, 0.1) is 12.4 Å². The molecule has 0 atom stereocenters. The highest BCUT2D eigenvalue weighted by atomic mass is 19.4. The van der Waals surface area contributed by atoms with Crippen molar-refractivity contribution >= 4 is 5.97 Å². The van der Waals surface area contributed by atoms with E-state index in [0.29, 0.717) is 12.4 Å². The van der Waals surface area contributed by atoms with Crippen LogP contribution >= 0.6 is 0 Å². The van der Waals surface area contributed by atoms with Crippen molar-refractivity contribution < 1.29 is 41.0 Å². The number of alkyl halides is 6. The molecule has 1 rings (SSSR count). The van der Waals surface area contributed by atoms with Crippen LogP contribution in [0.15, 0.2) is 12.4 Å². The minimum atomic E-state index is -5.72. The van der Waals surface area contributed by atoms with Crippen molar-refractivity contribution in [1.82, 2.24) is 9.97 Å². The van der Waals surface area contributed by atoms with E-state index in [0.717, 1.165) is 0 Å². The third kappa shape index (κ3) is 3.96. The number of aromatic carboxylic acids is 1. The molecular formula is C8H4F6N2O3. The maximum Gasteiger partial charge on any atom is 0.434 e. The van der Waals surface area contributed by atoms with E-state index in [1.807, 2.05) is 0 Å². The number of ether oxygens (including phenoxy) is 1. The van der Waals surface area contributed by atoms with E-state index >= 15 is 0 Å². The summed E-state index contributed by atoms with van der Waals surface area (Å²) in [4.78, 5) is 16.5. The smallest absolute Gasteiger partial charge is 0.434 e. The molecule has 0 spiro atoms. The van der Waals surface area contributed by atoms with Gasteiger partial charge in [-0.1, -0.05) is 0 Å². The largest absolute Gasteiger partial charge is 0.476 e. The van der Waals surface area contributed by atoms with E-state index in [-0.39, 0.29) is 0 Å². The molecule has 0 saturated carbocycles. The first-order chi connectivity index (χ1) is 8.51. The lowest BCUT2D eigenvalue weighted by atomic mass is 10.3. The van der Waals surface area contributed by atoms with Crippen LogP contribution in [0.25, 0.3) is 0 Å². The van der Waals surface area contributed by atoms with Gasteiger partial charge < -0.3 is 9.84 Å². The first-order valence-electron chi connectivity index (χ1n) is 4.37. The lowest BCUT2D eigenvalue weighted by Gasteiger charge is -2.23. The number of rotatable bonds is 3. The fraction of sp³-hybridized carbons (Fsp3) is 0.375. The Bertz CT molecular complexity index is 458. The molecule has 0 fully saturated rings. The maximum atomic E-state index is 12.2. The fourth-order valence-corrected chi connectivity index (χ4v) is 0.948. The number of aromatic nitrogens is 2. The fourth-order valence-electron chi connectivity index (χ4n) is 0.948. The second-order valence-corrected chi connectivity index (χ2v) is 3.13. The number of hydrogen-bond donors (Lipinski definition) is 1. The summed E-state index contributed by atoms with van der Waals surface area (Å²) in [6, 6.07) is 0. The average molecular weight is 290 g/mol. The Kier molecular flexibility index (Phi) is 3.86. The Morgan fingerprint density at radius 3 is 2.11 bits per heavy atom. The average Bonchev–Trinajstić information content (AvgIpc) is 2.23. The molecular weight excluding hydrogens is 286 g/mol. The quantitative estimate of drug-likeness (QED) is 0.862. The molecule has 1 N–H and O–H groups in total. The zero-order valence-corrected chi connectivity index (χ0v) is 8.66. The molecule has 0 radical (unpaired) electrons. The highest BCUT2D eigenvalue weighted by Gasteiger charge is 2.59. The van der Waals surface area contributed by atoms with E-state index in [2.05, 4.69) is 14.7 Å². The van der Waals surface area contributed by atoms with Crippen molar-refractivity contribution in [3.8, 4) is 5.88 Å². The van der Waals surface area contributed by atoms with Gasteiger partial charge in [0.25, 0.3) is 6.10 Å². The number of halogens is 6. The number of carboxylic acid groups (broad SMARTS) is 1. The minimum Gasteiger partial charge on any atom is -0.476 e. The number of nitrogens with zero attached hydrogens (tertiary/aromatic N) is 2. The van der Waals surface area contributed by atoms with Gasteiger partial charge in [-0.15, -0.1) is 0 Å². The Labute approximate surface area is 100 Å². The Balaban J connectivity index is 3.04. The van der Waals surface area contributed by atoms with Gasteiger partial charge in [0, 0.05) is 0 Å². The van der Waals surface area contributed by atoms with Crippen LogP contribution in [0.2, 0.25) is 0 Å². The molecule has 1 heterocycles. The summed E-state index contributed by atoms with van der Waals surface area (Å²) in [5.74, 6) is -2.87. The molecule has 11 heteroatoms. The summed E-state index contributed by atoms with van der Waals surface area (Å²) >= 11 is 0. The first-order valence-corrected chi connectivity index (χ1v) is 4.37. The van der Waals surface area contributed by atoms with Crippen LogP contribution in [-0.2, 0) is 0 Å². The predicted molar refractivity (Wildman–Crippen MR) is 45.5 cm³/mol. The van der Waals surface area contributed by atoms with E-state index in [4.69, 9.17) is 5.11 Å². The number of carbonyl (C=O) groups is 1. The van der Waals surface area contributed by atoms with Crippen LogP contribution < -0.4 is 4.74 Å². The van der Waals surface area contributed by atoms with Crippen LogP contribution in [-0.4, -0.2) is 39.5 Å². The Morgan fingerprint density at radius 1 is 1.16 bits per heavy atom. The van der Waals surface area contributed by atoms with Crippen LogP contribution in [0.1, 0.15) is 10.5 Å². The summed E-state index contributed by atoms with van der Waals surface area (Å²) in [5.41, 5.74) is -0.847. The predicted octanol–water partition coefficient (Wildman–Crippen LogP) is 2.05. The second kappa shape index (κ2) is 4.90. The molecule has 0 aliphatic heterocycles. The van der Waals surface area contributed by atoms with Gasteiger partial charge in [-0.05, 0) is 0 Å². The molecule has 5 nitrogen and oxygen atoms in total. The van der Waals surface area contributed by atoms with Gasteiger partial charge in [-0.25, -0.2) is 9.78 Å². The van der Waals surface area contributed by atoms with Crippen molar-refractivity contribution in [3.63, 3.8) is 0 Å². The third-order valence-electron chi connectivity index (χ3n) is 1.66. The van der Waals surface area contributed by atoms with Crippen molar-refractivity contribution in [3.05, 3.63) is 18.1 Å².